The molecule has 0 fully saturated rings. The third-order valence-electron chi connectivity index (χ3n) is 3.54. The van der Waals surface area contributed by atoms with E-state index >= 15 is 0 Å². The SMILES string of the molecule is CC(C)[C@H](NC(=O)c1ccccc1Cl)C(=O)Nc1ccc(F)c(F)c1. The molecule has 25 heavy (non-hydrogen) atoms. The van der Waals surface area contributed by atoms with Crippen LogP contribution in [0, 0.1) is 17.6 Å². The molecule has 2 aromatic carbocycles. The van der Waals surface area contributed by atoms with Crippen molar-refractivity contribution in [2.45, 2.75) is 19.9 Å². The van der Waals surface area contributed by atoms with Crippen LogP contribution in [0.15, 0.2) is 42.5 Å². The highest BCUT2D eigenvalue weighted by Crippen LogP contribution is 2.17. The predicted molar refractivity (Wildman–Crippen MR) is 92.5 cm³/mol. The Labute approximate surface area is 149 Å². The minimum atomic E-state index is -1.07. The van der Waals surface area contributed by atoms with Crippen LogP contribution >= 0.6 is 11.6 Å². The van der Waals surface area contributed by atoms with Gasteiger partial charge in [-0.05, 0) is 30.2 Å². The van der Waals surface area contributed by atoms with Crippen molar-refractivity contribution in [1.29, 1.82) is 0 Å². The van der Waals surface area contributed by atoms with Crippen molar-refractivity contribution in [3.8, 4) is 0 Å². The van der Waals surface area contributed by atoms with Crippen molar-refractivity contribution < 1.29 is 18.4 Å². The summed E-state index contributed by atoms with van der Waals surface area (Å²) in [5.41, 5.74) is 0.344. The smallest absolute Gasteiger partial charge is 0.253 e. The van der Waals surface area contributed by atoms with E-state index in [0.717, 1.165) is 12.1 Å². The molecule has 0 saturated heterocycles. The summed E-state index contributed by atoms with van der Waals surface area (Å²) in [7, 11) is 0. The van der Waals surface area contributed by atoms with Crippen LogP contribution in [0.3, 0.4) is 0 Å². The second kappa shape index (κ2) is 8.07. The number of amides is 2. The first-order chi connectivity index (χ1) is 11.8. The van der Waals surface area contributed by atoms with E-state index < -0.39 is 29.5 Å². The summed E-state index contributed by atoms with van der Waals surface area (Å²) in [5.74, 6) is -3.35. The minimum Gasteiger partial charge on any atom is -0.340 e. The van der Waals surface area contributed by atoms with E-state index in [4.69, 9.17) is 11.6 Å². The van der Waals surface area contributed by atoms with Gasteiger partial charge in [0.2, 0.25) is 5.91 Å². The second-order valence-electron chi connectivity index (χ2n) is 5.79. The lowest BCUT2D eigenvalue weighted by atomic mass is 10.0. The molecule has 0 aliphatic carbocycles. The first-order valence-electron chi connectivity index (χ1n) is 7.61. The van der Waals surface area contributed by atoms with Gasteiger partial charge in [0.05, 0.1) is 10.6 Å². The maximum absolute atomic E-state index is 13.3. The molecule has 0 aromatic heterocycles. The highest BCUT2D eigenvalue weighted by molar-refractivity contribution is 6.33. The summed E-state index contributed by atoms with van der Waals surface area (Å²) in [5, 5.41) is 5.35. The molecule has 0 heterocycles. The number of nitrogens with one attached hydrogen (secondary N) is 2. The van der Waals surface area contributed by atoms with Crippen LogP contribution in [0.4, 0.5) is 14.5 Å². The van der Waals surface area contributed by atoms with E-state index in [1.54, 1.807) is 38.1 Å². The minimum absolute atomic E-state index is 0.0987. The number of benzene rings is 2. The molecule has 0 unspecified atom stereocenters. The molecular weight excluding hydrogens is 350 g/mol. The van der Waals surface area contributed by atoms with Crippen molar-refractivity contribution in [2.24, 2.45) is 5.92 Å². The van der Waals surface area contributed by atoms with Crippen LogP contribution in [-0.2, 0) is 4.79 Å². The second-order valence-corrected chi connectivity index (χ2v) is 6.20. The van der Waals surface area contributed by atoms with Gasteiger partial charge in [0.25, 0.3) is 5.91 Å². The van der Waals surface area contributed by atoms with Crippen LogP contribution in [0.1, 0.15) is 24.2 Å². The van der Waals surface area contributed by atoms with Crippen LogP contribution in [0.2, 0.25) is 5.02 Å². The zero-order chi connectivity index (χ0) is 18.6. The molecule has 0 aliphatic rings. The van der Waals surface area contributed by atoms with E-state index in [0.29, 0.717) is 0 Å². The fraction of sp³-hybridized carbons (Fsp3) is 0.222. The van der Waals surface area contributed by atoms with Crippen molar-refractivity contribution >= 4 is 29.1 Å². The molecule has 2 rings (SSSR count). The monoisotopic (exact) mass is 366 g/mol. The Bertz CT molecular complexity index is 796. The molecule has 7 heteroatoms. The highest BCUT2D eigenvalue weighted by atomic mass is 35.5. The number of rotatable bonds is 5. The third kappa shape index (κ3) is 4.76. The van der Waals surface area contributed by atoms with Gasteiger partial charge in [0.15, 0.2) is 11.6 Å². The third-order valence-corrected chi connectivity index (χ3v) is 3.87. The highest BCUT2D eigenvalue weighted by Gasteiger charge is 2.25. The molecule has 0 spiro atoms. The number of anilines is 1. The van der Waals surface area contributed by atoms with Gasteiger partial charge in [-0.3, -0.25) is 9.59 Å². The largest absolute Gasteiger partial charge is 0.340 e. The normalized spacial score (nSPS) is 11.9. The van der Waals surface area contributed by atoms with Crippen molar-refractivity contribution in [2.75, 3.05) is 5.32 Å². The summed E-state index contributed by atoms with van der Waals surface area (Å²) in [6.45, 7) is 3.50. The molecule has 0 bridgehead atoms. The summed E-state index contributed by atoms with van der Waals surface area (Å²) in [4.78, 5) is 24.8. The fourth-order valence-corrected chi connectivity index (χ4v) is 2.41. The zero-order valence-corrected chi connectivity index (χ0v) is 14.4. The van der Waals surface area contributed by atoms with Crippen molar-refractivity contribution in [1.82, 2.24) is 5.32 Å². The lowest BCUT2D eigenvalue weighted by Crippen LogP contribution is -2.47. The molecule has 0 saturated carbocycles. The Morgan fingerprint density at radius 1 is 1.04 bits per heavy atom. The molecule has 4 nitrogen and oxygen atoms in total. The van der Waals surface area contributed by atoms with Gasteiger partial charge in [-0.2, -0.15) is 0 Å². The first kappa shape index (κ1) is 18.9. The molecule has 132 valence electrons. The van der Waals surface area contributed by atoms with Crippen LogP contribution in [0.5, 0.6) is 0 Å². The Balaban J connectivity index is 2.14. The molecule has 2 N–H and O–H groups in total. The lowest BCUT2D eigenvalue weighted by Gasteiger charge is -2.22. The van der Waals surface area contributed by atoms with Crippen molar-refractivity contribution in [3.05, 3.63) is 64.7 Å². The van der Waals surface area contributed by atoms with E-state index in [2.05, 4.69) is 10.6 Å². The average Bonchev–Trinajstić information content (AvgIpc) is 2.55. The average molecular weight is 367 g/mol. The first-order valence-corrected chi connectivity index (χ1v) is 7.98. The molecule has 0 radical (unpaired) electrons. The molecular formula is C18H17ClF2N2O2. The Morgan fingerprint density at radius 3 is 2.32 bits per heavy atom. The number of hydrogen-bond donors (Lipinski definition) is 2. The van der Waals surface area contributed by atoms with E-state index in [1.165, 1.54) is 6.07 Å². The van der Waals surface area contributed by atoms with E-state index in [1.807, 2.05) is 0 Å². The van der Waals surface area contributed by atoms with E-state index in [9.17, 15) is 18.4 Å². The number of hydrogen-bond acceptors (Lipinski definition) is 2. The Morgan fingerprint density at radius 2 is 1.72 bits per heavy atom. The maximum Gasteiger partial charge on any atom is 0.253 e. The van der Waals surface area contributed by atoms with Gasteiger partial charge in [-0.15, -0.1) is 0 Å². The quantitative estimate of drug-likeness (QED) is 0.840. The topological polar surface area (TPSA) is 58.2 Å². The maximum atomic E-state index is 13.3. The molecule has 2 amide bonds. The van der Waals surface area contributed by atoms with E-state index in [-0.39, 0.29) is 22.2 Å². The Kier molecular flexibility index (Phi) is 6.09. The Hall–Kier alpha value is -2.47. The summed E-state index contributed by atoms with van der Waals surface area (Å²) in [6.07, 6.45) is 0. The van der Waals surface area contributed by atoms with Crippen LogP contribution in [-0.4, -0.2) is 17.9 Å². The summed E-state index contributed by atoms with van der Waals surface area (Å²) < 4.78 is 26.2. The van der Waals surface area contributed by atoms with Gasteiger partial charge in [0, 0.05) is 11.8 Å². The standard InChI is InChI=1S/C18H17ClF2N2O2/c1-10(2)16(23-17(24)12-5-3-4-6-13(12)19)18(25)22-11-7-8-14(20)15(21)9-11/h3-10,16H,1-2H3,(H,22,25)(H,23,24)/t16-/m0/s1. The number of carbonyl (C=O) groups excluding carboxylic acids is 2. The lowest BCUT2D eigenvalue weighted by molar-refractivity contribution is -0.118. The number of carbonyl (C=O) groups is 2. The van der Waals surface area contributed by atoms with Gasteiger partial charge in [-0.1, -0.05) is 37.6 Å². The molecule has 1 atom stereocenters. The predicted octanol–water partition coefficient (Wildman–Crippen LogP) is 4.01. The summed E-state index contributed by atoms with van der Waals surface area (Å²) >= 11 is 5.99. The van der Waals surface area contributed by atoms with Crippen LogP contribution in [0.25, 0.3) is 0 Å². The van der Waals surface area contributed by atoms with Gasteiger partial charge >= 0.3 is 0 Å². The summed E-state index contributed by atoms with van der Waals surface area (Å²) in [6, 6.07) is 8.62. The van der Waals surface area contributed by atoms with Crippen LogP contribution < -0.4 is 10.6 Å². The number of halogens is 3. The molecule has 0 aliphatic heterocycles. The fourth-order valence-electron chi connectivity index (χ4n) is 2.19. The van der Waals surface area contributed by atoms with Crippen molar-refractivity contribution in [3.63, 3.8) is 0 Å². The molecule has 2 aromatic rings. The van der Waals surface area contributed by atoms with Gasteiger partial charge in [0.1, 0.15) is 6.04 Å². The van der Waals surface area contributed by atoms with Gasteiger partial charge in [-0.25, -0.2) is 8.78 Å². The zero-order valence-electron chi connectivity index (χ0n) is 13.6. The van der Waals surface area contributed by atoms with Gasteiger partial charge < -0.3 is 10.6 Å².